The maximum Gasteiger partial charge on any atom is 0.0434 e. The summed E-state index contributed by atoms with van der Waals surface area (Å²) in [4.78, 5) is 0. The van der Waals surface area contributed by atoms with Crippen molar-refractivity contribution in [2.75, 3.05) is 13.2 Å². The van der Waals surface area contributed by atoms with Crippen LogP contribution in [-0.4, -0.2) is 24.3 Å². The molecule has 0 aromatic carbocycles. The average molecular weight is 241 g/mol. The molecule has 0 aromatic heterocycles. The van der Waals surface area contributed by atoms with Crippen LogP contribution in [0.4, 0.5) is 0 Å². The third kappa shape index (κ3) is 5.39. The Morgan fingerprint density at radius 3 is 2.29 bits per heavy atom. The maximum atomic E-state index is 8.97. The van der Waals surface area contributed by atoms with E-state index in [2.05, 4.69) is 26.1 Å². The third-order valence-corrected chi connectivity index (χ3v) is 4.52. The summed E-state index contributed by atoms with van der Waals surface area (Å²) in [6, 6.07) is 0.734. The van der Waals surface area contributed by atoms with Crippen molar-refractivity contribution in [2.45, 2.75) is 65.3 Å². The highest BCUT2D eigenvalue weighted by molar-refractivity contribution is 4.79. The summed E-state index contributed by atoms with van der Waals surface area (Å²) in [5.74, 6) is 2.46. The van der Waals surface area contributed by atoms with Gasteiger partial charge >= 0.3 is 0 Å². The Bertz CT molecular complexity index is 185. The van der Waals surface area contributed by atoms with Crippen LogP contribution < -0.4 is 5.32 Å². The molecule has 1 atom stereocenters. The molecule has 102 valence electrons. The minimum Gasteiger partial charge on any atom is -0.396 e. The van der Waals surface area contributed by atoms with Crippen LogP contribution in [0.1, 0.15) is 59.3 Å². The minimum atomic E-state index is 0.334. The van der Waals surface area contributed by atoms with Crippen LogP contribution in [-0.2, 0) is 0 Å². The van der Waals surface area contributed by atoms with Crippen molar-refractivity contribution in [1.29, 1.82) is 0 Å². The van der Waals surface area contributed by atoms with Gasteiger partial charge in [-0.15, -0.1) is 0 Å². The Morgan fingerprint density at radius 1 is 1.18 bits per heavy atom. The van der Waals surface area contributed by atoms with E-state index in [1.165, 1.54) is 32.1 Å². The molecule has 2 N–H and O–H groups in total. The highest BCUT2D eigenvalue weighted by Gasteiger charge is 2.23. The zero-order valence-electron chi connectivity index (χ0n) is 11.9. The molecule has 0 bridgehead atoms. The summed E-state index contributed by atoms with van der Waals surface area (Å²) in [5.41, 5.74) is 0. The number of rotatable bonds is 7. The van der Waals surface area contributed by atoms with Crippen molar-refractivity contribution in [3.05, 3.63) is 0 Å². The van der Waals surface area contributed by atoms with Gasteiger partial charge < -0.3 is 10.4 Å². The number of nitrogens with one attached hydrogen (secondary N) is 1. The second-order valence-electron chi connectivity index (χ2n) is 6.05. The second-order valence-corrected chi connectivity index (χ2v) is 6.05. The van der Waals surface area contributed by atoms with Crippen molar-refractivity contribution in [3.8, 4) is 0 Å². The van der Waals surface area contributed by atoms with Crippen LogP contribution in [0.3, 0.4) is 0 Å². The molecule has 0 aliphatic heterocycles. The molecule has 17 heavy (non-hydrogen) atoms. The smallest absolute Gasteiger partial charge is 0.0434 e. The van der Waals surface area contributed by atoms with E-state index < -0.39 is 0 Å². The van der Waals surface area contributed by atoms with E-state index in [1.807, 2.05) is 0 Å². The van der Waals surface area contributed by atoms with Crippen molar-refractivity contribution < 1.29 is 5.11 Å². The molecule has 2 heteroatoms. The predicted octanol–water partition coefficient (Wildman–Crippen LogP) is 3.20. The molecule has 1 fully saturated rings. The van der Waals surface area contributed by atoms with Gasteiger partial charge in [0.1, 0.15) is 0 Å². The maximum absolute atomic E-state index is 8.97. The number of hydrogen-bond acceptors (Lipinski definition) is 2. The number of aliphatic hydroxyl groups excluding tert-OH is 1. The number of aliphatic hydroxyl groups is 1. The first kappa shape index (κ1) is 15.0. The fourth-order valence-corrected chi connectivity index (χ4v) is 2.96. The van der Waals surface area contributed by atoms with Gasteiger partial charge in [-0.1, -0.05) is 27.2 Å². The topological polar surface area (TPSA) is 32.3 Å². The second kappa shape index (κ2) is 8.10. The van der Waals surface area contributed by atoms with Crippen molar-refractivity contribution >= 4 is 0 Å². The summed E-state index contributed by atoms with van der Waals surface area (Å²) >= 11 is 0. The largest absolute Gasteiger partial charge is 0.396 e. The summed E-state index contributed by atoms with van der Waals surface area (Å²) < 4.78 is 0. The first-order valence-corrected chi connectivity index (χ1v) is 7.51. The molecule has 1 unspecified atom stereocenters. The van der Waals surface area contributed by atoms with E-state index in [0.717, 1.165) is 30.8 Å². The van der Waals surface area contributed by atoms with Crippen LogP contribution in [0.15, 0.2) is 0 Å². The van der Waals surface area contributed by atoms with E-state index in [0.29, 0.717) is 12.5 Å². The van der Waals surface area contributed by atoms with Crippen LogP contribution in [0, 0.1) is 17.8 Å². The molecule has 1 aliphatic carbocycles. The number of hydrogen-bond donors (Lipinski definition) is 2. The van der Waals surface area contributed by atoms with E-state index in [-0.39, 0.29) is 0 Å². The fourth-order valence-electron chi connectivity index (χ4n) is 2.96. The van der Waals surface area contributed by atoms with Gasteiger partial charge in [0.25, 0.3) is 0 Å². The van der Waals surface area contributed by atoms with E-state index in [1.54, 1.807) is 0 Å². The Hall–Kier alpha value is -0.0800. The van der Waals surface area contributed by atoms with Crippen molar-refractivity contribution in [1.82, 2.24) is 5.32 Å². The van der Waals surface area contributed by atoms with Crippen molar-refractivity contribution in [3.63, 3.8) is 0 Å². The molecule has 0 spiro atoms. The summed E-state index contributed by atoms with van der Waals surface area (Å²) in [7, 11) is 0. The van der Waals surface area contributed by atoms with Crippen molar-refractivity contribution in [2.24, 2.45) is 17.8 Å². The summed E-state index contributed by atoms with van der Waals surface area (Å²) in [6.45, 7) is 8.35. The van der Waals surface area contributed by atoms with Gasteiger partial charge in [0.2, 0.25) is 0 Å². The van der Waals surface area contributed by atoms with Crippen LogP contribution in [0.25, 0.3) is 0 Å². The third-order valence-electron chi connectivity index (χ3n) is 4.52. The van der Waals surface area contributed by atoms with Crippen LogP contribution >= 0.6 is 0 Å². The lowest BCUT2D eigenvalue weighted by Crippen LogP contribution is -2.37. The van der Waals surface area contributed by atoms with E-state index >= 15 is 0 Å². The van der Waals surface area contributed by atoms with Crippen LogP contribution in [0.5, 0.6) is 0 Å². The van der Waals surface area contributed by atoms with E-state index in [9.17, 15) is 0 Å². The van der Waals surface area contributed by atoms with Gasteiger partial charge in [0.15, 0.2) is 0 Å². The normalized spacial score (nSPS) is 27.4. The molecule has 0 amide bonds. The highest BCUT2D eigenvalue weighted by atomic mass is 16.3. The molecule has 0 aromatic rings. The van der Waals surface area contributed by atoms with Crippen LogP contribution in [0.2, 0.25) is 0 Å². The zero-order chi connectivity index (χ0) is 12.7. The Labute approximate surface area is 107 Å². The summed E-state index contributed by atoms with van der Waals surface area (Å²) in [5, 5.41) is 12.7. The van der Waals surface area contributed by atoms with Gasteiger partial charge in [0, 0.05) is 12.6 Å². The lowest BCUT2D eigenvalue weighted by atomic mass is 9.79. The Kier molecular flexibility index (Phi) is 7.14. The lowest BCUT2D eigenvalue weighted by molar-refractivity contribution is 0.219. The first-order chi connectivity index (χ1) is 8.17. The van der Waals surface area contributed by atoms with Gasteiger partial charge in [-0.3, -0.25) is 0 Å². The lowest BCUT2D eigenvalue weighted by Gasteiger charge is -2.32. The molecular weight excluding hydrogens is 210 g/mol. The molecule has 1 saturated carbocycles. The van der Waals surface area contributed by atoms with Gasteiger partial charge in [-0.05, 0) is 56.4 Å². The summed E-state index contributed by atoms with van der Waals surface area (Å²) in [6.07, 6.45) is 7.61. The van der Waals surface area contributed by atoms with Gasteiger partial charge in [0.05, 0.1) is 0 Å². The molecule has 1 aliphatic rings. The quantitative estimate of drug-likeness (QED) is 0.717. The van der Waals surface area contributed by atoms with Gasteiger partial charge in [-0.2, -0.15) is 0 Å². The van der Waals surface area contributed by atoms with E-state index in [4.69, 9.17) is 5.11 Å². The molecule has 0 radical (unpaired) electrons. The predicted molar refractivity (Wildman–Crippen MR) is 74.1 cm³/mol. The minimum absolute atomic E-state index is 0.334. The molecule has 0 saturated heterocycles. The molecule has 0 heterocycles. The van der Waals surface area contributed by atoms with Gasteiger partial charge in [-0.25, -0.2) is 0 Å². The Balaban J connectivity index is 2.17. The SMILES string of the molecule is CCC(CCO)CNC1CCC(C(C)C)CC1. The first-order valence-electron chi connectivity index (χ1n) is 7.51. The highest BCUT2D eigenvalue weighted by Crippen LogP contribution is 2.29. The molecular formula is C15H31NO. The fraction of sp³-hybridized carbons (Fsp3) is 1.00. The Morgan fingerprint density at radius 2 is 1.82 bits per heavy atom. The standard InChI is InChI=1S/C15H31NO/c1-4-13(9-10-17)11-16-15-7-5-14(6-8-15)12(2)3/h12-17H,4-11H2,1-3H3. The molecule has 1 rings (SSSR count). The molecule has 2 nitrogen and oxygen atoms in total. The zero-order valence-corrected chi connectivity index (χ0v) is 11.9. The monoisotopic (exact) mass is 241 g/mol. The average Bonchev–Trinajstić information content (AvgIpc) is 2.35.